The second kappa shape index (κ2) is 9.08. The lowest BCUT2D eigenvalue weighted by molar-refractivity contribution is 0.198. The molecule has 1 aromatic carbocycles. The number of nitrogens with one attached hydrogen (secondary N) is 1. The highest BCUT2D eigenvalue weighted by molar-refractivity contribution is 7.90. The minimum absolute atomic E-state index is 0.168. The highest BCUT2D eigenvalue weighted by Crippen LogP contribution is 2.33. The third-order valence-corrected chi connectivity index (χ3v) is 6.79. The first-order chi connectivity index (χ1) is 15.7. The van der Waals surface area contributed by atoms with Crippen LogP contribution in [0, 0.1) is 0 Å². The van der Waals surface area contributed by atoms with Gasteiger partial charge in [0.2, 0.25) is 0 Å². The monoisotopic (exact) mass is 473 g/mol. The Balaban J connectivity index is 1.86. The van der Waals surface area contributed by atoms with Crippen LogP contribution in [-0.4, -0.2) is 73.8 Å². The lowest BCUT2D eigenvalue weighted by atomic mass is 10.1. The van der Waals surface area contributed by atoms with E-state index < -0.39 is 15.9 Å². The van der Waals surface area contributed by atoms with Crippen molar-refractivity contribution in [2.75, 3.05) is 49.8 Å². The van der Waals surface area contributed by atoms with E-state index in [4.69, 9.17) is 4.74 Å². The van der Waals surface area contributed by atoms with Gasteiger partial charge in [-0.15, -0.1) is 0 Å². The standard InChI is InChI=1S/C22H27N5O5S/c1-26-13-24-17-11-16(25-21(20(17)22(26)29)23-7-9-32-2)14-4-5-18(19(10-14)33(3,30)31)27-8-6-15(28)12-27/h4-5,10-11,13,15,28H,6-9,12H2,1-3H3,(H,23,25)/t15-/m0/s1. The zero-order chi connectivity index (χ0) is 23.8. The summed E-state index contributed by atoms with van der Waals surface area (Å²) in [4.78, 5) is 23.8. The van der Waals surface area contributed by atoms with Crippen LogP contribution in [0.15, 0.2) is 40.3 Å². The van der Waals surface area contributed by atoms with Gasteiger partial charge in [-0.05, 0) is 24.6 Å². The van der Waals surface area contributed by atoms with Crippen LogP contribution in [0.4, 0.5) is 11.5 Å². The molecule has 1 atom stereocenters. The minimum Gasteiger partial charge on any atom is -0.391 e. The Morgan fingerprint density at radius 3 is 2.76 bits per heavy atom. The van der Waals surface area contributed by atoms with Crippen molar-refractivity contribution >= 4 is 32.2 Å². The van der Waals surface area contributed by atoms with Crippen molar-refractivity contribution in [3.05, 3.63) is 40.9 Å². The number of methoxy groups -OCH3 is 1. The normalized spacial score (nSPS) is 16.5. The van der Waals surface area contributed by atoms with Gasteiger partial charge in [-0.2, -0.15) is 0 Å². The summed E-state index contributed by atoms with van der Waals surface area (Å²) in [5, 5.41) is 13.4. The summed E-state index contributed by atoms with van der Waals surface area (Å²) in [5.41, 5.74) is 1.84. The molecule has 176 valence electrons. The molecule has 1 aliphatic rings. The second-order valence-electron chi connectivity index (χ2n) is 8.17. The Bertz CT molecular complexity index is 1360. The molecule has 2 N–H and O–H groups in total. The van der Waals surface area contributed by atoms with Crippen molar-refractivity contribution in [1.82, 2.24) is 14.5 Å². The maximum Gasteiger partial charge on any atom is 0.264 e. The first kappa shape index (κ1) is 23.1. The lowest BCUT2D eigenvalue weighted by Gasteiger charge is -2.21. The van der Waals surface area contributed by atoms with Crippen LogP contribution in [0.5, 0.6) is 0 Å². The van der Waals surface area contributed by atoms with Crippen molar-refractivity contribution < 1.29 is 18.3 Å². The summed E-state index contributed by atoms with van der Waals surface area (Å²) in [5.74, 6) is 0.362. The molecule has 1 aliphatic heterocycles. The topological polar surface area (TPSA) is 127 Å². The Morgan fingerprint density at radius 2 is 2.09 bits per heavy atom. The Kier molecular flexibility index (Phi) is 6.37. The Hall–Kier alpha value is -3.02. The molecule has 2 aromatic heterocycles. The number of ether oxygens (including phenoxy) is 1. The zero-order valence-electron chi connectivity index (χ0n) is 18.8. The number of sulfone groups is 1. The highest BCUT2D eigenvalue weighted by atomic mass is 32.2. The van der Waals surface area contributed by atoms with E-state index in [-0.39, 0.29) is 10.5 Å². The van der Waals surface area contributed by atoms with Crippen LogP contribution in [0.3, 0.4) is 0 Å². The Labute approximate surface area is 191 Å². The van der Waals surface area contributed by atoms with Crippen molar-refractivity contribution in [2.24, 2.45) is 7.05 Å². The van der Waals surface area contributed by atoms with Gasteiger partial charge in [0.15, 0.2) is 9.84 Å². The predicted octanol–water partition coefficient (Wildman–Crippen LogP) is 1.03. The fourth-order valence-corrected chi connectivity index (χ4v) is 4.88. The zero-order valence-corrected chi connectivity index (χ0v) is 19.6. The third-order valence-electron chi connectivity index (χ3n) is 5.66. The molecular weight excluding hydrogens is 446 g/mol. The molecule has 0 saturated carbocycles. The minimum atomic E-state index is -3.55. The summed E-state index contributed by atoms with van der Waals surface area (Å²) < 4.78 is 31.7. The second-order valence-corrected chi connectivity index (χ2v) is 10.2. The van der Waals surface area contributed by atoms with Crippen LogP contribution in [-0.2, 0) is 21.6 Å². The third kappa shape index (κ3) is 4.70. The van der Waals surface area contributed by atoms with Gasteiger partial charge in [-0.3, -0.25) is 4.79 Å². The first-order valence-electron chi connectivity index (χ1n) is 10.6. The van der Waals surface area contributed by atoms with Crippen LogP contribution in [0.2, 0.25) is 0 Å². The van der Waals surface area contributed by atoms with E-state index in [2.05, 4.69) is 15.3 Å². The number of aryl methyl sites for hydroxylation is 1. The van der Waals surface area contributed by atoms with Gasteiger partial charge in [0.1, 0.15) is 11.2 Å². The van der Waals surface area contributed by atoms with Crippen LogP contribution in [0.25, 0.3) is 22.2 Å². The summed E-state index contributed by atoms with van der Waals surface area (Å²) in [6.07, 6.45) is 2.72. The molecule has 0 radical (unpaired) electrons. The SMILES string of the molecule is COCCNc1nc(-c2ccc(N3CC[C@H](O)C3)c(S(C)(=O)=O)c2)cc2ncn(C)c(=O)c12. The molecule has 0 spiro atoms. The molecule has 3 heterocycles. The van der Waals surface area contributed by atoms with E-state index in [1.54, 1.807) is 38.4 Å². The molecule has 11 heteroatoms. The number of aliphatic hydroxyl groups is 1. The molecule has 0 amide bonds. The number of β-amino-alcohol motifs (C(OH)–C–C–N with tert-alkyl or cyclic N) is 1. The average Bonchev–Trinajstić information content (AvgIpc) is 3.21. The summed E-state index contributed by atoms with van der Waals surface area (Å²) >= 11 is 0. The predicted molar refractivity (Wildman–Crippen MR) is 127 cm³/mol. The van der Waals surface area contributed by atoms with E-state index in [1.807, 2.05) is 4.90 Å². The molecule has 1 fully saturated rings. The number of hydrogen-bond donors (Lipinski definition) is 2. The molecule has 0 aliphatic carbocycles. The van der Waals surface area contributed by atoms with Gasteiger partial charge in [-0.25, -0.2) is 18.4 Å². The van der Waals surface area contributed by atoms with E-state index in [1.165, 1.54) is 17.2 Å². The average molecular weight is 474 g/mol. The molecule has 3 aromatic rings. The molecule has 4 rings (SSSR count). The molecule has 33 heavy (non-hydrogen) atoms. The number of aliphatic hydroxyl groups excluding tert-OH is 1. The quantitative estimate of drug-likeness (QED) is 0.484. The summed E-state index contributed by atoms with van der Waals surface area (Å²) in [6, 6.07) is 6.80. The van der Waals surface area contributed by atoms with E-state index in [9.17, 15) is 18.3 Å². The van der Waals surface area contributed by atoms with Crippen molar-refractivity contribution in [3.8, 4) is 11.3 Å². The van der Waals surface area contributed by atoms with E-state index >= 15 is 0 Å². The fourth-order valence-electron chi connectivity index (χ4n) is 3.96. The van der Waals surface area contributed by atoms with Crippen molar-refractivity contribution in [1.29, 1.82) is 0 Å². The van der Waals surface area contributed by atoms with Gasteiger partial charge < -0.3 is 24.6 Å². The maximum absolute atomic E-state index is 12.7. The van der Waals surface area contributed by atoms with Gasteiger partial charge in [0.05, 0.1) is 40.8 Å². The van der Waals surface area contributed by atoms with Gasteiger partial charge >= 0.3 is 0 Å². The molecule has 0 unspecified atom stereocenters. The fraction of sp³-hybridized carbons (Fsp3) is 0.409. The summed E-state index contributed by atoms with van der Waals surface area (Å²) in [6.45, 7) is 1.82. The molecule has 0 bridgehead atoms. The number of fused-ring (bicyclic) bond motifs is 1. The van der Waals surface area contributed by atoms with Crippen LogP contribution < -0.4 is 15.8 Å². The van der Waals surface area contributed by atoms with Gasteiger partial charge in [0.25, 0.3) is 5.56 Å². The molecule has 1 saturated heterocycles. The van der Waals surface area contributed by atoms with E-state index in [0.29, 0.717) is 66.3 Å². The Morgan fingerprint density at radius 1 is 1.30 bits per heavy atom. The number of benzene rings is 1. The van der Waals surface area contributed by atoms with E-state index in [0.717, 1.165) is 0 Å². The van der Waals surface area contributed by atoms with Crippen molar-refractivity contribution in [2.45, 2.75) is 17.4 Å². The summed E-state index contributed by atoms with van der Waals surface area (Å²) in [7, 11) is -0.353. The first-order valence-corrected chi connectivity index (χ1v) is 12.4. The van der Waals surface area contributed by atoms with Crippen molar-refractivity contribution in [3.63, 3.8) is 0 Å². The van der Waals surface area contributed by atoms with Gasteiger partial charge in [0, 0.05) is 45.6 Å². The number of pyridine rings is 1. The number of hydrogen-bond acceptors (Lipinski definition) is 9. The van der Waals surface area contributed by atoms with Crippen LogP contribution in [0.1, 0.15) is 6.42 Å². The van der Waals surface area contributed by atoms with Crippen LogP contribution >= 0.6 is 0 Å². The smallest absolute Gasteiger partial charge is 0.264 e. The number of rotatable bonds is 7. The highest BCUT2D eigenvalue weighted by Gasteiger charge is 2.26. The molecular formula is C22H27N5O5S. The van der Waals surface area contributed by atoms with Gasteiger partial charge in [-0.1, -0.05) is 6.07 Å². The lowest BCUT2D eigenvalue weighted by Crippen LogP contribution is -2.23. The molecule has 10 nitrogen and oxygen atoms in total. The number of aromatic nitrogens is 3. The number of nitrogens with zero attached hydrogens (tertiary/aromatic N) is 4. The largest absolute Gasteiger partial charge is 0.391 e. The number of anilines is 2. The maximum atomic E-state index is 12.7.